The summed E-state index contributed by atoms with van der Waals surface area (Å²) in [7, 11) is 2.17. The molecule has 0 spiro atoms. The van der Waals surface area contributed by atoms with Gasteiger partial charge >= 0.3 is 0 Å². The molecule has 49 heavy (non-hydrogen) atoms. The van der Waals surface area contributed by atoms with Crippen LogP contribution in [0.25, 0.3) is 66.0 Å². The second kappa shape index (κ2) is 12.0. The van der Waals surface area contributed by atoms with Gasteiger partial charge in [-0.25, -0.2) is 0 Å². The number of anilines is 3. The fourth-order valence-corrected chi connectivity index (χ4v) is 7.19. The minimum atomic E-state index is 1.12. The quantitative estimate of drug-likeness (QED) is 0.178. The number of aromatic nitrogens is 1. The number of aryl methyl sites for hydroxylation is 1. The molecular weight excluding hydrogens is 593 g/mol. The van der Waals surface area contributed by atoms with E-state index in [1.807, 2.05) is 0 Å². The molecule has 0 bridgehead atoms. The number of para-hydroxylation sites is 1. The Labute approximate surface area is 286 Å². The second-order valence-corrected chi connectivity index (χ2v) is 12.7. The lowest BCUT2D eigenvalue weighted by atomic mass is 9.98. The standard InChI is InChI=1S/C47H34N2/c1-48-46-29-24-40(31-44(46)45-30-38-12-8-9-13-39(38)32-47(45)48)37-18-16-34(17-19-37)36-22-27-43(28-23-36)49(41-14-6-3-7-15-41)42-25-20-35(21-26-42)33-10-4-2-5-11-33/h2-32H,1H3. The molecule has 1 heterocycles. The Morgan fingerprint density at radius 2 is 0.735 bits per heavy atom. The van der Waals surface area contributed by atoms with Crippen LogP contribution in [-0.4, -0.2) is 4.57 Å². The van der Waals surface area contributed by atoms with Gasteiger partial charge in [-0.3, -0.25) is 0 Å². The molecule has 0 saturated carbocycles. The van der Waals surface area contributed by atoms with E-state index < -0.39 is 0 Å². The summed E-state index contributed by atoms with van der Waals surface area (Å²) in [4.78, 5) is 2.31. The molecule has 0 aliphatic carbocycles. The second-order valence-electron chi connectivity index (χ2n) is 12.7. The molecule has 0 unspecified atom stereocenters. The highest BCUT2D eigenvalue weighted by molar-refractivity contribution is 6.13. The maximum atomic E-state index is 2.35. The number of benzene rings is 8. The van der Waals surface area contributed by atoms with Crippen molar-refractivity contribution < 1.29 is 0 Å². The molecule has 232 valence electrons. The normalized spacial score (nSPS) is 11.4. The van der Waals surface area contributed by atoms with Gasteiger partial charge in [0.2, 0.25) is 0 Å². The van der Waals surface area contributed by atoms with Gasteiger partial charge in [-0.15, -0.1) is 0 Å². The van der Waals surface area contributed by atoms with Gasteiger partial charge in [0.1, 0.15) is 0 Å². The summed E-state index contributed by atoms with van der Waals surface area (Å²) in [6.07, 6.45) is 0. The molecule has 0 fully saturated rings. The molecule has 1 aromatic heterocycles. The van der Waals surface area contributed by atoms with Crippen LogP contribution in [0.1, 0.15) is 0 Å². The Morgan fingerprint density at radius 1 is 0.327 bits per heavy atom. The lowest BCUT2D eigenvalue weighted by molar-refractivity contribution is 1.02. The number of fused-ring (bicyclic) bond motifs is 4. The van der Waals surface area contributed by atoms with Gasteiger partial charge < -0.3 is 9.47 Å². The molecule has 0 N–H and O–H groups in total. The van der Waals surface area contributed by atoms with E-state index in [1.165, 1.54) is 66.0 Å². The lowest BCUT2D eigenvalue weighted by Crippen LogP contribution is -2.09. The van der Waals surface area contributed by atoms with Crippen molar-refractivity contribution in [1.82, 2.24) is 4.57 Å². The first-order valence-corrected chi connectivity index (χ1v) is 16.8. The van der Waals surface area contributed by atoms with Crippen molar-refractivity contribution in [2.24, 2.45) is 7.05 Å². The van der Waals surface area contributed by atoms with Crippen molar-refractivity contribution in [2.45, 2.75) is 0 Å². The summed E-state index contributed by atoms with van der Waals surface area (Å²) in [5, 5.41) is 5.13. The molecule has 0 aliphatic rings. The molecule has 0 atom stereocenters. The van der Waals surface area contributed by atoms with E-state index >= 15 is 0 Å². The first-order valence-electron chi connectivity index (χ1n) is 16.8. The average Bonchev–Trinajstić information content (AvgIpc) is 3.45. The van der Waals surface area contributed by atoms with E-state index in [9.17, 15) is 0 Å². The summed E-state index contributed by atoms with van der Waals surface area (Å²) in [6, 6.07) is 67.9. The van der Waals surface area contributed by atoms with E-state index in [0.717, 1.165) is 17.1 Å². The van der Waals surface area contributed by atoms with Crippen molar-refractivity contribution in [3.63, 3.8) is 0 Å². The maximum absolute atomic E-state index is 2.35. The number of hydrogen-bond donors (Lipinski definition) is 0. The van der Waals surface area contributed by atoms with E-state index in [4.69, 9.17) is 0 Å². The Hall–Kier alpha value is -6.38. The molecular formula is C47H34N2. The highest BCUT2D eigenvalue weighted by Gasteiger charge is 2.14. The average molecular weight is 627 g/mol. The van der Waals surface area contributed by atoms with Gasteiger partial charge in [0.25, 0.3) is 0 Å². The van der Waals surface area contributed by atoms with Gasteiger partial charge in [0.05, 0.1) is 0 Å². The minimum Gasteiger partial charge on any atom is -0.344 e. The van der Waals surface area contributed by atoms with Gasteiger partial charge in [-0.05, 0) is 105 Å². The summed E-state index contributed by atoms with van der Waals surface area (Å²) in [6.45, 7) is 0. The Morgan fingerprint density at radius 3 is 1.33 bits per heavy atom. The van der Waals surface area contributed by atoms with Crippen LogP contribution in [0.4, 0.5) is 17.1 Å². The van der Waals surface area contributed by atoms with E-state index in [-0.39, 0.29) is 0 Å². The fraction of sp³-hybridized carbons (Fsp3) is 0.0213. The van der Waals surface area contributed by atoms with Crippen LogP contribution in [0.3, 0.4) is 0 Å². The zero-order valence-electron chi connectivity index (χ0n) is 27.3. The summed E-state index contributed by atoms with van der Waals surface area (Å²) in [5.74, 6) is 0. The van der Waals surface area contributed by atoms with Gasteiger partial charge in [-0.2, -0.15) is 0 Å². The molecule has 2 heteroatoms. The van der Waals surface area contributed by atoms with Crippen LogP contribution in [-0.2, 0) is 7.05 Å². The predicted molar refractivity (Wildman–Crippen MR) is 209 cm³/mol. The lowest BCUT2D eigenvalue weighted by Gasteiger charge is -2.26. The molecule has 9 rings (SSSR count). The van der Waals surface area contributed by atoms with Crippen LogP contribution in [0.5, 0.6) is 0 Å². The largest absolute Gasteiger partial charge is 0.344 e. The van der Waals surface area contributed by atoms with Crippen LogP contribution in [0.15, 0.2) is 188 Å². The molecule has 0 aliphatic heterocycles. The fourth-order valence-electron chi connectivity index (χ4n) is 7.19. The van der Waals surface area contributed by atoms with Gasteiger partial charge in [-0.1, -0.05) is 127 Å². The number of rotatable bonds is 6. The van der Waals surface area contributed by atoms with Gasteiger partial charge in [0.15, 0.2) is 0 Å². The summed E-state index contributed by atoms with van der Waals surface area (Å²) < 4.78 is 2.31. The topological polar surface area (TPSA) is 8.17 Å². The van der Waals surface area contributed by atoms with Crippen molar-refractivity contribution in [1.29, 1.82) is 0 Å². The highest BCUT2D eigenvalue weighted by atomic mass is 15.1. The van der Waals surface area contributed by atoms with E-state index in [0.29, 0.717) is 0 Å². The number of nitrogens with zero attached hydrogens (tertiary/aromatic N) is 2. The Balaban J connectivity index is 1.01. The van der Waals surface area contributed by atoms with Crippen LogP contribution < -0.4 is 4.90 Å². The van der Waals surface area contributed by atoms with Gasteiger partial charge in [0, 0.05) is 45.9 Å². The Bertz CT molecular complexity index is 2560. The minimum absolute atomic E-state index is 1.12. The first kappa shape index (κ1) is 28.8. The van der Waals surface area contributed by atoms with E-state index in [1.54, 1.807) is 0 Å². The van der Waals surface area contributed by atoms with Crippen molar-refractivity contribution in [2.75, 3.05) is 4.90 Å². The maximum Gasteiger partial charge on any atom is 0.0495 e. The number of hydrogen-bond acceptors (Lipinski definition) is 1. The summed E-state index contributed by atoms with van der Waals surface area (Å²) in [5.41, 5.74) is 13.2. The van der Waals surface area contributed by atoms with Crippen molar-refractivity contribution in [3.05, 3.63) is 188 Å². The Kier molecular flexibility index (Phi) is 7.06. The van der Waals surface area contributed by atoms with E-state index in [2.05, 4.69) is 205 Å². The monoisotopic (exact) mass is 626 g/mol. The van der Waals surface area contributed by atoms with Crippen LogP contribution >= 0.6 is 0 Å². The molecule has 0 radical (unpaired) electrons. The SMILES string of the molecule is Cn1c2ccc(-c3ccc(-c4ccc(N(c5ccccc5)c5ccc(-c6ccccc6)cc5)cc4)cc3)cc2c2cc3ccccc3cc21. The highest BCUT2D eigenvalue weighted by Crippen LogP contribution is 2.38. The predicted octanol–water partition coefficient (Wildman–Crippen LogP) is 13.0. The van der Waals surface area contributed by atoms with Crippen molar-refractivity contribution in [3.8, 4) is 33.4 Å². The molecule has 8 aromatic carbocycles. The zero-order valence-corrected chi connectivity index (χ0v) is 27.3. The molecule has 2 nitrogen and oxygen atoms in total. The molecule has 9 aromatic rings. The third-order valence-electron chi connectivity index (χ3n) is 9.80. The van der Waals surface area contributed by atoms with Crippen LogP contribution in [0.2, 0.25) is 0 Å². The third kappa shape index (κ3) is 5.24. The molecule has 0 amide bonds. The third-order valence-corrected chi connectivity index (χ3v) is 9.80. The van der Waals surface area contributed by atoms with Crippen LogP contribution in [0, 0.1) is 0 Å². The smallest absolute Gasteiger partial charge is 0.0495 e. The molecule has 0 saturated heterocycles. The zero-order chi connectivity index (χ0) is 32.7. The summed E-state index contributed by atoms with van der Waals surface area (Å²) >= 11 is 0. The first-order chi connectivity index (χ1) is 24.2. The van der Waals surface area contributed by atoms with Crippen molar-refractivity contribution >= 4 is 49.6 Å².